The minimum absolute atomic E-state index is 0.116. The molecule has 0 amide bonds. The molecule has 1 aliphatic heterocycles. The van der Waals surface area contributed by atoms with Crippen LogP contribution in [0.4, 0.5) is 0 Å². The second-order valence-corrected chi connectivity index (χ2v) is 6.72. The highest BCUT2D eigenvalue weighted by Gasteiger charge is 2.30. The molecule has 1 N–H and O–H groups in total. The molecule has 1 aliphatic rings. The van der Waals surface area contributed by atoms with Crippen molar-refractivity contribution in [1.82, 2.24) is 9.88 Å². The molecule has 116 valence electrons. The topological polar surface area (TPSA) is 45.6 Å². The lowest BCUT2D eigenvalue weighted by molar-refractivity contribution is -0.0849. The number of hydrogen-bond acceptors (Lipinski definition) is 4. The van der Waals surface area contributed by atoms with Crippen LogP contribution in [0.5, 0.6) is 0 Å². The van der Waals surface area contributed by atoms with E-state index >= 15 is 0 Å². The maximum absolute atomic E-state index is 10.6. The Kier molecular flexibility index (Phi) is 5.14. The SMILES string of the molecule is CC(C)(C)OCN1CCC(O)(C=Cc2ccncc2)CC1. The molecule has 0 aromatic carbocycles. The van der Waals surface area contributed by atoms with Crippen LogP contribution in [-0.2, 0) is 4.74 Å². The first-order valence-electron chi connectivity index (χ1n) is 7.54. The van der Waals surface area contributed by atoms with Crippen LogP contribution in [0, 0.1) is 0 Å². The molecule has 1 saturated heterocycles. The second kappa shape index (κ2) is 6.69. The normalized spacial score (nSPS) is 20.0. The fourth-order valence-electron chi connectivity index (χ4n) is 2.25. The molecule has 1 aromatic rings. The summed E-state index contributed by atoms with van der Waals surface area (Å²) in [6, 6.07) is 3.87. The molecule has 0 unspecified atom stereocenters. The number of pyridine rings is 1. The second-order valence-electron chi connectivity index (χ2n) is 6.72. The zero-order valence-corrected chi connectivity index (χ0v) is 13.2. The van der Waals surface area contributed by atoms with Gasteiger partial charge < -0.3 is 9.84 Å². The quantitative estimate of drug-likeness (QED) is 0.926. The van der Waals surface area contributed by atoms with Gasteiger partial charge in [-0.05, 0) is 51.3 Å². The minimum Gasteiger partial charge on any atom is -0.386 e. The van der Waals surface area contributed by atoms with Gasteiger partial charge in [0.15, 0.2) is 0 Å². The van der Waals surface area contributed by atoms with Gasteiger partial charge in [-0.15, -0.1) is 0 Å². The van der Waals surface area contributed by atoms with E-state index in [1.54, 1.807) is 12.4 Å². The van der Waals surface area contributed by atoms with Crippen LogP contribution in [0.2, 0.25) is 0 Å². The van der Waals surface area contributed by atoms with Gasteiger partial charge in [0, 0.05) is 25.5 Å². The van der Waals surface area contributed by atoms with Crippen LogP contribution < -0.4 is 0 Å². The lowest BCUT2D eigenvalue weighted by Gasteiger charge is -2.37. The van der Waals surface area contributed by atoms with E-state index < -0.39 is 5.60 Å². The van der Waals surface area contributed by atoms with Gasteiger partial charge in [0.1, 0.15) is 0 Å². The third-order valence-corrected chi connectivity index (χ3v) is 3.69. The molecule has 4 heteroatoms. The number of nitrogens with zero attached hydrogens (tertiary/aromatic N) is 2. The van der Waals surface area contributed by atoms with Crippen molar-refractivity contribution in [1.29, 1.82) is 0 Å². The van der Waals surface area contributed by atoms with E-state index in [1.165, 1.54) is 0 Å². The fourth-order valence-corrected chi connectivity index (χ4v) is 2.25. The van der Waals surface area contributed by atoms with Gasteiger partial charge in [-0.2, -0.15) is 0 Å². The van der Waals surface area contributed by atoms with Crippen molar-refractivity contribution < 1.29 is 9.84 Å². The minimum atomic E-state index is -0.707. The number of ether oxygens (including phenoxy) is 1. The molecule has 0 bridgehead atoms. The number of likely N-dealkylation sites (tertiary alicyclic amines) is 1. The average molecular weight is 290 g/mol. The van der Waals surface area contributed by atoms with Crippen molar-refractivity contribution in [3.63, 3.8) is 0 Å². The molecule has 0 aliphatic carbocycles. The molecule has 0 spiro atoms. The Morgan fingerprint density at radius 1 is 1.29 bits per heavy atom. The standard InChI is InChI=1S/C17H26N2O2/c1-16(2,3)21-14-19-12-8-17(20,9-13-19)7-4-15-5-10-18-11-6-15/h4-7,10-11,20H,8-9,12-14H2,1-3H3. The summed E-state index contributed by atoms with van der Waals surface area (Å²) in [7, 11) is 0. The van der Waals surface area contributed by atoms with Gasteiger partial charge in [-0.3, -0.25) is 9.88 Å². The third-order valence-electron chi connectivity index (χ3n) is 3.69. The summed E-state index contributed by atoms with van der Waals surface area (Å²) in [6.07, 6.45) is 8.89. The zero-order valence-electron chi connectivity index (χ0n) is 13.2. The Labute approximate surface area is 127 Å². The molecule has 0 saturated carbocycles. The molecular formula is C17H26N2O2. The van der Waals surface area contributed by atoms with Crippen molar-refractivity contribution in [3.8, 4) is 0 Å². The largest absolute Gasteiger partial charge is 0.386 e. The Morgan fingerprint density at radius 3 is 2.48 bits per heavy atom. The molecule has 21 heavy (non-hydrogen) atoms. The van der Waals surface area contributed by atoms with E-state index in [0.717, 1.165) is 31.5 Å². The average Bonchev–Trinajstić information content (AvgIpc) is 2.45. The fraction of sp³-hybridized carbons (Fsp3) is 0.588. The molecule has 4 nitrogen and oxygen atoms in total. The van der Waals surface area contributed by atoms with Gasteiger partial charge in [0.2, 0.25) is 0 Å². The number of hydrogen-bond donors (Lipinski definition) is 1. The zero-order chi connectivity index (χ0) is 15.3. The lowest BCUT2D eigenvalue weighted by atomic mass is 9.90. The van der Waals surface area contributed by atoms with Crippen molar-refractivity contribution in [3.05, 3.63) is 36.2 Å². The van der Waals surface area contributed by atoms with Crippen molar-refractivity contribution in [2.45, 2.75) is 44.8 Å². The van der Waals surface area contributed by atoms with Crippen molar-refractivity contribution in [2.75, 3.05) is 19.8 Å². The van der Waals surface area contributed by atoms with E-state index in [2.05, 4.69) is 30.7 Å². The Bertz CT molecular complexity index is 457. The third kappa shape index (κ3) is 5.58. The maximum Gasteiger partial charge on any atom is 0.0997 e. The van der Waals surface area contributed by atoms with E-state index in [-0.39, 0.29) is 5.60 Å². The lowest BCUT2D eigenvalue weighted by Crippen LogP contribution is -2.45. The van der Waals surface area contributed by atoms with Crippen LogP contribution in [-0.4, -0.2) is 46.0 Å². The highest BCUT2D eigenvalue weighted by Crippen LogP contribution is 2.25. The maximum atomic E-state index is 10.6. The van der Waals surface area contributed by atoms with Crippen LogP contribution in [0.1, 0.15) is 39.2 Å². The van der Waals surface area contributed by atoms with E-state index in [4.69, 9.17) is 4.74 Å². The first-order chi connectivity index (χ1) is 9.86. The number of aliphatic hydroxyl groups is 1. The first-order valence-corrected chi connectivity index (χ1v) is 7.54. The highest BCUT2D eigenvalue weighted by atomic mass is 16.5. The molecule has 2 rings (SSSR count). The van der Waals surface area contributed by atoms with Crippen LogP contribution in [0.3, 0.4) is 0 Å². The monoisotopic (exact) mass is 290 g/mol. The van der Waals surface area contributed by atoms with Crippen molar-refractivity contribution >= 4 is 6.08 Å². The summed E-state index contributed by atoms with van der Waals surface area (Å²) in [5.74, 6) is 0. The van der Waals surface area contributed by atoms with E-state index in [9.17, 15) is 5.11 Å². The summed E-state index contributed by atoms with van der Waals surface area (Å²) in [4.78, 5) is 6.24. The van der Waals surface area contributed by atoms with Gasteiger partial charge >= 0.3 is 0 Å². The van der Waals surface area contributed by atoms with Gasteiger partial charge in [-0.1, -0.05) is 12.2 Å². The van der Waals surface area contributed by atoms with Crippen LogP contribution in [0.15, 0.2) is 30.6 Å². The summed E-state index contributed by atoms with van der Waals surface area (Å²) in [5.41, 5.74) is 0.244. The van der Waals surface area contributed by atoms with Crippen molar-refractivity contribution in [2.24, 2.45) is 0 Å². The Balaban J connectivity index is 1.83. The number of aromatic nitrogens is 1. The molecule has 1 fully saturated rings. The summed E-state index contributed by atoms with van der Waals surface area (Å²) < 4.78 is 5.79. The van der Waals surface area contributed by atoms with E-state index in [0.29, 0.717) is 6.73 Å². The highest BCUT2D eigenvalue weighted by molar-refractivity contribution is 5.49. The summed E-state index contributed by atoms with van der Waals surface area (Å²) in [6.45, 7) is 8.52. The van der Waals surface area contributed by atoms with Gasteiger partial charge in [0.05, 0.1) is 17.9 Å². The molecule has 0 radical (unpaired) electrons. The number of piperidine rings is 1. The van der Waals surface area contributed by atoms with Crippen LogP contribution >= 0.6 is 0 Å². The molecular weight excluding hydrogens is 264 g/mol. The predicted molar refractivity (Wildman–Crippen MR) is 84.7 cm³/mol. The first kappa shape index (κ1) is 16.1. The smallest absolute Gasteiger partial charge is 0.0997 e. The molecule has 0 atom stereocenters. The predicted octanol–water partition coefficient (Wildman–Crippen LogP) is 2.69. The molecule has 1 aromatic heterocycles. The Morgan fingerprint density at radius 2 is 1.90 bits per heavy atom. The number of rotatable bonds is 4. The summed E-state index contributed by atoms with van der Waals surface area (Å²) >= 11 is 0. The summed E-state index contributed by atoms with van der Waals surface area (Å²) in [5, 5.41) is 10.6. The Hall–Kier alpha value is -1.23. The van der Waals surface area contributed by atoms with Gasteiger partial charge in [0.25, 0.3) is 0 Å². The van der Waals surface area contributed by atoms with E-state index in [1.807, 2.05) is 24.3 Å². The van der Waals surface area contributed by atoms with Gasteiger partial charge in [-0.25, -0.2) is 0 Å². The van der Waals surface area contributed by atoms with Crippen LogP contribution in [0.25, 0.3) is 6.08 Å². The molecule has 2 heterocycles.